The number of likely N-dealkylation sites (tertiary alicyclic amines) is 1. The number of rotatable bonds is 3. The second kappa shape index (κ2) is 6.33. The third-order valence-corrected chi connectivity index (χ3v) is 4.77. The number of hydrogen-bond acceptors (Lipinski definition) is 4. The molecular formula is C17H13ClF3N5O2. The summed E-state index contributed by atoms with van der Waals surface area (Å²) in [6.07, 6.45) is 1.15. The standard InChI is InChI=1S/C17H13ClF3N5O2/c1-9-23-14(10-2-3-12(19)11(18)4-10)15-16(28)24(8-22-26(9)15)5-13(27)25-6-17(20,21)7-25/h2-4,8H,5-7H2,1H3. The third-order valence-electron chi connectivity index (χ3n) is 4.48. The fourth-order valence-corrected chi connectivity index (χ4v) is 3.23. The second-order valence-corrected chi connectivity index (χ2v) is 6.97. The van der Waals surface area contributed by atoms with Crippen LogP contribution in [0, 0.1) is 12.7 Å². The normalized spacial score (nSPS) is 15.7. The predicted molar refractivity (Wildman–Crippen MR) is 93.9 cm³/mol. The van der Waals surface area contributed by atoms with Crippen LogP contribution in [0.5, 0.6) is 0 Å². The molecule has 0 saturated carbocycles. The van der Waals surface area contributed by atoms with Gasteiger partial charge in [-0.3, -0.25) is 14.2 Å². The highest BCUT2D eigenvalue weighted by atomic mass is 35.5. The molecule has 1 aliphatic rings. The molecule has 0 unspecified atom stereocenters. The minimum atomic E-state index is -2.89. The second-order valence-electron chi connectivity index (χ2n) is 6.57. The lowest BCUT2D eigenvalue weighted by atomic mass is 10.1. The van der Waals surface area contributed by atoms with Crippen molar-refractivity contribution in [1.82, 2.24) is 24.1 Å². The first-order valence-corrected chi connectivity index (χ1v) is 8.60. The Morgan fingerprint density at radius 1 is 1.32 bits per heavy atom. The highest BCUT2D eigenvalue weighted by molar-refractivity contribution is 6.31. The van der Waals surface area contributed by atoms with Crippen molar-refractivity contribution in [3.8, 4) is 11.3 Å². The van der Waals surface area contributed by atoms with Crippen molar-refractivity contribution in [3.63, 3.8) is 0 Å². The smallest absolute Gasteiger partial charge is 0.282 e. The molecule has 1 aromatic carbocycles. The van der Waals surface area contributed by atoms with Gasteiger partial charge in [-0.2, -0.15) is 5.10 Å². The molecule has 1 fully saturated rings. The highest BCUT2D eigenvalue weighted by Gasteiger charge is 2.46. The van der Waals surface area contributed by atoms with Crippen LogP contribution in [0.4, 0.5) is 13.2 Å². The molecule has 0 spiro atoms. The maximum Gasteiger partial charge on any atom is 0.282 e. The van der Waals surface area contributed by atoms with Crippen LogP contribution in [0.3, 0.4) is 0 Å². The number of aryl methyl sites for hydroxylation is 1. The Morgan fingerprint density at radius 3 is 2.68 bits per heavy atom. The van der Waals surface area contributed by atoms with Crippen LogP contribution in [0.15, 0.2) is 29.3 Å². The molecule has 28 heavy (non-hydrogen) atoms. The molecular weight excluding hydrogens is 399 g/mol. The molecule has 3 heterocycles. The first kappa shape index (κ1) is 18.5. The molecule has 0 aliphatic carbocycles. The summed E-state index contributed by atoms with van der Waals surface area (Å²) in [5, 5.41) is 3.97. The number of carbonyl (C=O) groups is 1. The number of benzene rings is 1. The summed E-state index contributed by atoms with van der Waals surface area (Å²) in [6.45, 7) is -0.124. The topological polar surface area (TPSA) is 72.5 Å². The molecule has 1 aliphatic heterocycles. The van der Waals surface area contributed by atoms with Crippen LogP contribution < -0.4 is 5.56 Å². The molecule has 3 aromatic rings. The van der Waals surface area contributed by atoms with E-state index in [1.165, 1.54) is 16.6 Å². The maximum atomic E-state index is 13.5. The molecule has 2 aromatic heterocycles. The molecule has 7 nitrogen and oxygen atoms in total. The number of imidazole rings is 1. The van der Waals surface area contributed by atoms with Crippen molar-refractivity contribution in [3.05, 3.63) is 51.5 Å². The van der Waals surface area contributed by atoms with Gasteiger partial charge < -0.3 is 4.90 Å². The zero-order chi connectivity index (χ0) is 20.2. The lowest BCUT2D eigenvalue weighted by Crippen LogP contribution is -2.59. The van der Waals surface area contributed by atoms with Gasteiger partial charge in [0.25, 0.3) is 11.5 Å². The predicted octanol–water partition coefficient (Wildman–Crippen LogP) is 2.14. The molecule has 1 amide bonds. The zero-order valence-corrected chi connectivity index (χ0v) is 15.3. The molecule has 0 atom stereocenters. The zero-order valence-electron chi connectivity index (χ0n) is 14.5. The third kappa shape index (κ3) is 3.03. The summed E-state index contributed by atoms with van der Waals surface area (Å²) in [6, 6.07) is 3.91. The quantitative estimate of drug-likeness (QED) is 0.662. The minimum Gasteiger partial charge on any atom is -0.329 e. The van der Waals surface area contributed by atoms with E-state index in [-0.39, 0.29) is 16.2 Å². The van der Waals surface area contributed by atoms with Gasteiger partial charge in [0, 0.05) is 5.56 Å². The van der Waals surface area contributed by atoms with E-state index in [0.29, 0.717) is 11.4 Å². The van der Waals surface area contributed by atoms with Crippen LogP contribution in [-0.2, 0) is 11.3 Å². The summed E-state index contributed by atoms with van der Waals surface area (Å²) in [7, 11) is 0. The first-order valence-electron chi connectivity index (χ1n) is 8.22. The van der Waals surface area contributed by atoms with Crippen LogP contribution >= 0.6 is 11.6 Å². The Bertz CT molecular complexity index is 1170. The monoisotopic (exact) mass is 411 g/mol. The van der Waals surface area contributed by atoms with Crippen molar-refractivity contribution in [2.75, 3.05) is 13.1 Å². The van der Waals surface area contributed by atoms with Crippen LogP contribution in [0.25, 0.3) is 16.8 Å². The lowest BCUT2D eigenvalue weighted by Gasteiger charge is -2.38. The lowest BCUT2D eigenvalue weighted by molar-refractivity contribution is -0.166. The number of amides is 1. The number of halogens is 4. The Labute approximate surface area is 161 Å². The van der Waals surface area contributed by atoms with Gasteiger partial charge >= 0.3 is 0 Å². The molecule has 11 heteroatoms. The number of fused-ring (bicyclic) bond motifs is 1. The van der Waals surface area contributed by atoms with Gasteiger partial charge in [0.2, 0.25) is 5.91 Å². The van der Waals surface area contributed by atoms with Crippen molar-refractivity contribution in [1.29, 1.82) is 0 Å². The van der Waals surface area contributed by atoms with Crippen LogP contribution in [0.2, 0.25) is 5.02 Å². The number of nitrogens with zero attached hydrogens (tertiary/aromatic N) is 5. The summed E-state index contributed by atoms with van der Waals surface area (Å²) < 4.78 is 41.7. The average molecular weight is 412 g/mol. The summed E-state index contributed by atoms with van der Waals surface area (Å²) in [4.78, 5) is 30.3. The number of aromatic nitrogens is 4. The summed E-state index contributed by atoms with van der Waals surface area (Å²) >= 11 is 5.82. The highest BCUT2D eigenvalue weighted by Crippen LogP contribution is 2.28. The Balaban J connectivity index is 1.75. The van der Waals surface area contributed by atoms with E-state index in [4.69, 9.17) is 11.6 Å². The van der Waals surface area contributed by atoms with E-state index in [0.717, 1.165) is 21.9 Å². The summed E-state index contributed by atoms with van der Waals surface area (Å²) in [5.74, 6) is -3.70. The van der Waals surface area contributed by atoms with E-state index in [9.17, 15) is 22.8 Å². The first-order chi connectivity index (χ1) is 13.2. The fraction of sp³-hybridized carbons (Fsp3) is 0.294. The Morgan fingerprint density at radius 2 is 2.04 bits per heavy atom. The maximum absolute atomic E-state index is 13.5. The largest absolute Gasteiger partial charge is 0.329 e. The van der Waals surface area contributed by atoms with Gasteiger partial charge in [-0.15, -0.1) is 0 Å². The molecule has 4 rings (SSSR count). The van der Waals surface area contributed by atoms with Gasteiger partial charge in [-0.25, -0.2) is 22.7 Å². The molecule has 146 valence electrons. The molecule has 0 bridgehead atoms. The van der Waals surface area contributed by atoms with Crippen LogP contribution in [-0.4, -0.2) is 49.0 Å². The van der Waals surface area contributed by atoms with Crippen molar-refractivity contribution in [2.24, 2.45) is 0 Å². The van der Waals surface area contributed by atoms with Crippen molar-refractivity contribution >= 4 is 23.0 Å². The van der Waals surface area contributed by atoms with E-state index in [1.54, 1.807) is 6.92 Å². The molecule has 1 saturated heterocycles. The average Bonchev–Trinajstić information content (AvgIpc) is 2.95. The number of carbonyl (C=O) groups excluding carboxylic acids is 1. The van der Waals surface area contributed by atoms with Crippen molar-refractivity contribution in [2.45, 2.75) is 19.4 Å². The van der Waals surface area contributed by atoms with Gasteiger partial charge in [-0.1, -0.05) is 11.6 Å². The van der Waals surface area contributed by atoms with Crippen LogP contribution in [0.1, 0.15) is 5.82 Å². The Kier molecular flexibility index (Phi) is 4.18. The van der Waals surface area contributed by atoms with E-state index in [2.05, 4.69) is 10.1 Å². The molecule has 0 N–H and O–H groups in total. The van der Waals surface area contributed by atoms with E-state index in [1.807, 2.05) is 0 Å². The van der Waals surface area contributed by atoms with Gasteiger partial charge in [0.05, 0.1) is 18.1 Å². The van der Waals surface area contributed by atoms with Crippen molar-refractivity contribution < 1.29 is 18.0 Å². The summed E-state index contributed by atoms with van der Waals surface area (Å²) in [5.41, 5.74) is 0.132. The van der Waals surface area contributed by atoms with Gasteiger partial charge in [0.1, 0.15) is 30.2 Å². The number of hydrogen-bond donors (Lipinski definition) is 0. The van der Waals surface area contributed by atoms with E-state index >= 15 is 0 Å². The number of alkyl halides is 2. The minimum absolute atomic E-state index is 0.0735. The van der Waals surface area contributed by atoms with Gasteiger partial charge in [0.15, 0.2) is 5.52 Å². The van der Waals surface area contributed by atoms with Gasteiger partial charge in [-0.05, 0) is 25.1 Å². The fourth-order valence-electron chi connectivity index (χ4n) is 3.05. The molecule has 0 radical (unpaired) electrons. The SMILES string of the molecule is Cc1nc(-c2ccc(F)c(Cl)c2)c2c(=O)n(CC(=O)N3CC(F)(F)C3)cnn12. The Hall–Kier alpha value is -2.88. The van der Waals surface area contributed by atoms with E-state index < -0.39 is 42.8 Å².